The van der Waals surface area contributed by atoms with E-state index in [1.165, 1.54) is 0 Å². The van der Waals surface area contributed by atoms with Crippen molar-refractivity contribution < 1.29 is 19.2 Å². The summed E-state index contributed by atoms with van der Waals surface area (Å²) in [5.74, 6) is 0.350. The Morgan fingerprint density at radius 1 is 0.722 bits per heavy atom. The molecule has 0 aromatic heterocycles. The van der Waals surface area contributed by atoms with Crippen molar-refractivity contribution in [2.24, 2.45) is 0 Å². The molecule has 1 aliphatic rings. The molecule has 36 heavy (non-hydrogen) atoms. The second-order valence-corrected chi connectivity index (χ2v) is 11.7. The van der Waals surface area contributed by atoms with Gasteiger partial charge < -0.3 is 14.4 Å². The Morgan fingerprint density at radius 2 is 1.19 bits per heavy atom. The predicted molar refractivity (Wildman–Crippen MR) is 145 cm³/mol. The van der Waals surface area contributed by atoms with Crippen LogP contribution in [-0.4, -0.2) is 23.6 Å². The fourth-order valence-corrected chi connectivity index (χ4v) is 7.94. The summed E-state index contributed by atoms with van der Waals surface area (Å²) in [5.41, 5.74) is 0.00994. The minimum Gasteiger partial charge on any atom is -0.497 e. The van der Waals surface area contributed by atoms with Gasteiger partial charge in [-0.2, -0.15) is 0 Å². The van der Waals surface area contributed by atoms with Gasteiger partial charge in [-0.1, -0.05) is 91.0 Å². The highest BCUT2D eigenvalue weighted by molar-refractivity contribution is 7.82. The molecule has 0 heterocycles. The number of carbonyl (C=O) groups is 1. The molecule has 1 N–H and O–H groups in total. The number of Topliss-reactive ketones (excluding diaryl/α,β-unsaturated/α-hetero) is 1. The summed E-state index contributed by atoms with van der Waals surface area (Å²) in [7, 11) is -2.05. The Kier molecular flexibility index (Phi) is 6.49. The Labute approximate surface area is 211 Å². The van der Waals surface area contributed by atoms with Crippen molar-refractivity contribution in [2.45, 2.75) is 18.4 Å². The zero-order chi connectivity index (χ0) is 25.2. The van der Waals surface area contributed by atoms with E-state index in [0.717, 1.165) is 0 Å². The number of methoxy groups -OCH3 is 1. The average molecular weight is 495 g/mol. The first-order chi connectivity index (χ1) is 17.5. The van der Waals surface area contributed by atoms with Crippen LogP contribution in [0.25, 0.3) is 5.57 Å². The topological polar surface area (TPSA) is 63.6 Å². The lowest BCUT2D eigenvalue weighted by Crippen LogP contribution is -2.27. The SMILES string of the molecule is COc1ccc(C(=O)/C(=C(/C2(O)CC2)P(=O)(c2ccccc2)c2ccccc2)c2ccccc2)cc1. The summed E-state index contributed by atoms with van der Waals surface area (Å²) >= 11 is 0. The zero-order valence-corrected chi connectivity index (χ0v) is 20.9. The summed E-state index contributed by atoms with van der Waals surface area (Å²) in [5, 5.41) is 13.2. The molecule has 5 rings (SSSR count). The Bertz CT molecular complexity index is 1400. The molecular weight excluding hydrogens is 467 g/mol. The van der Waals surface area contributed by atoms with Crippen molar-refractivity contribution in [3.05, 3.63) is 132 Å². The fraction of sp³-hybridized carbons (Fsp3) is 0.129. The van der Waals surface area contributed by atoms with Crippen LogP contribution >= 0.6 is 7.14 Å². The molecular formula is C31H27O4P. The van der Waals surface area contributed by atoms with E-state index >= 15 is 4.57 Å². The van der Waals surface area contributed by atoms with Crippen LogP contribution in [0, 0.1) is 0 Å². The second kappa shape index (κ2) is 9.73. The number of hydrogen-bond donors (Lipinski definition) is 1. The molecule has 0 bridgehead atoms. The van der Waals surface area contributed by atoms with E-state index in [4.69, 9.17) is 4.74 Å². The molecule has 1 saturated carbocycles. The Morgan fingerprint density at radius 3 is 1.64 bits per heavy atom. The van der Waals surface area contributed by atoms with Crippen LogP contribution in [0.15, 0.2) is 121 Å². The summed E-state index contributed by atoms with van der Waals surface area (Å²) in [6, 6.07) is 34.5. The average Bonchev–Trinajstić information content (AvgIpc) is 3.70. The number of aliphatic hydroxyl groups is 1. The molecule has 0 atom stereocenters. The normalized spacial score (nSPS) is 15.1. The minimum atomic E-state index is -3.62. The van der Waals surface area contributed by atoms with Gasteiger partial charge in [0, 0.05) is 27.1 Å². The van der Waals surface area contributed by atoms with Crippen molar-refractivity contribution in [3.8, 4) is 5.75 Å². The number of allylic oxidation sites excluding steroid dienone is 1. The van der Waals surface area contributed by atoms with Gasteiger partial charge in [-0.25, -0.2) is 0 Å². The van der Waals surface area contributed by atoms with Crippen molar-refractivity contribution in [2.75, 3.05) is 7.11 Å². The molecule has 1 fully saturated rings. The smallest absolute Gasteiger partial charge is 0.194 e. The van der Waals surface area contributed by atoms with Gasteiger partial charge >= 0.3 is 0 Å². The molecule has 4 nitrogen and oxygen atoms in total. The first-order valence-corrected chi connectivity index (χ1v) is 13.6. The third kappa shape index (κ3) is 4.35. The van der Waals surface area contributed by atoms with Crippen molar-refractivity contribution >= 4 is 29.1 Å². The van der Waals surface area contributed by atoms with Gasteiger partial charge in [0.05, 0.1) is 12.7 Å². The minimum absolute atomic E-state index is 0.286. The second-order valence-electron chi connectivity index (χ2n) is 8.96. The Balaban J connectivity index is 1.87. The number of ether oxygens (including phenoxy) is 1. The quantitative estimate of drug-likeness (QED) is 0.190. The van der Waals surface area contributed by atoms with E-state index in [0.29, 0.717) is 45.6 Å². The highest BCUT2D eigenvalue weighted by Gasteiger charge is 2.54. The van der Waals surface area contributed by atoms with Gasteiger partial charge in [-0.15, -0.1) is 0 Å². The van der Waals surface area contributed by atoms with Crippen LogP contribution < -0.4 is 15.3 Å². The summed E-state index contributed by atoms with van der Waals surface area (Å²) in [4.78, 5) is 14.2. The molecule has 0 radical (unpaired) electrons. The van der Waals surface area contributed by atoms with Gasteiger partial charge in [0.1, 0.15) is 5.75 Å². The fourth-order valence-electron chi connectivity index (χ4n) is 4.59. The lowest BCUT2D eigenvalue weighted by molar-refractivity contribution is 0.105. The van der Waals surface area contributed by atoms with Crippen molar-refractivity contribution in [3.63, 3.8) is 0 Å². The monoisotopic (exact) mass is 494 g/mol. The molecule has 180 valence electrons. The van der Waals surface area contributed by atoms with Crippen LogP contribution in [0.4, 0.5) is 0 Å². The maximum absolute atomic E-state index is 15.5. The molecule has 0 saturated heterocycles. The molecule has 5 heteroatoms. The first-order valence-electron chi connectivity index (χ1n) is 11.9. The number of ketones is 1. The predicted octanol–water partition coefficient (Wildman–Crippen LogP) is 5.83. The van der Waals surface area contributed by atoms with Gasteiger partial charge in [0.15, 0.2) is 12.9 Å². The number of rotatable bonds is 8. The third-order valence-corrected chi connectivity index (χ3v) is 9.92. The van der Waals surface area contributed by atoms with Gasteiger partial charge in [-0.05, 0) is 42.7 Å². The van der Waals surface area contributed by atoms with Crippen LogP contribution in [0.2, 0.25) is 0 Å². The van der Waals surface area contributed by atoms with Crippen molar-refractivity contribution in [1.82, 2.24) is 0 Å². The number of hydrogen-bond acceptors (Lipinski definition) is 4. The number of benzene rings is 4. The van der Waals surface area contributed by atoms with Crippen LogP contribution in [-0.2, 0) is 4.57 Å². The van der Waals surface area contributed by atoms with E-state index < -0.39 is 12.7 Å². The first kappa shape index (κ1) is 24.0. The van der Waals surface area contributed by atoms with Crippen LogP contribution in [0.5, 0.6) is 5.75 Å². The lowest BCUT2D eigenvalue weighted by Gasteiger charge is -2.29. The highest BCUT2D eigenvalue weighted by Crippen LogP contribution is 2.64. The molecule has 0 amide bonds. The Hall–Kier alpha value is -3.72. The summed E-state index contributed by atoms with van der Waals surface area (Å²) in [6.07, 6.45) is 0.885. The van der Waals surface area contributed by atoms with Crippen LogP contribution in [0.1, 0.15) is 28.8 Å². The molecule has 0 spiro atoms. The third-order valence-electron chi connectivity index (χ3n) is 6.60. The molecule has 0 aliphatic heterocycles. The zero-order valence-electron chi connectivity index (χ0n) is 20.0. The molecule has 4 aromatic rings. The van der Waals surface area contributed by atoms with Gasteiger partial charge in [-0.3, -0.25) is 4.79 Å². The highest BCUT2D eigenvalue weighted by atomic mass is 31.2. The molecule has 0 unspecified atom stereocenters. The van der Waals surface area contributed by atoms with E-state index in [-0.39, 0.29) is 11.4 Å². The van der Waals surface area contributed by atoms with Gasteiger partial charge in [0.2, 0.25) is 0 Å². The van der Waals surface area contributed by atoms with E-state index in [1.807, 2.05) is 91.0 Å². The maximum Gasteiger partial charge on any atom is 0.194 e. The summed E-state index contributed by atoms with van der Waals surface area (Å²) in [6.45, 7) is 0. The molecule has 4 aromatic carbocycles. The maximum atomic E-state index is 15.5. The van der Waals surface area contributed by atoms with E-state index in [2.05, 4.69) is 0 Å². The number of carbonyl (C=O) groups excluding carboxylic acids is 1. The van der Waals surface area contributed by atoms with Gasteiger partial charge in [0.25, 0.3) is 0 Å². The van der Waals surface area contributed by atoms with E-state index in [1.54, 1.807) is 31.4 Å². The largest absolute Gasteiger partial charge is 0.497 e. The van der Waals surface area contributed by atoms with Crippen molar-refractivity contribution in [1.29, 1.82) is 0 Å². The summed E-state index contributed by atoms with van der Waals surface area (Å²) < 4.78 is 20.7. The van der Waals surface area contributed by atoms with Crippen LogP contribution in [0.3, 0.4) is 0 Å². The lowest BCUT2D eigenvalue weighted by atomic mass is 9.94. The van der Waals surface area contributed by atoms with E-state index in [9.17, 15) is 9.90 Å². The standard InChI is InChI=1S/C31H27O4P/c1-35-25-19-17-24(18-20-25)29(32)28(23-11-5-2-6-12-23)30(31(33)21-22-31)36(34,26-13-7-3-8-14-26)27-15-9-4-10-16-27/h2-20,33H,21-22H2,1H3/b30-28-. The molecule has 1 aliphatic carbocycles.